The van der Waals surface area contributed by atoms with Gasteiger partial charge in [-0.15, -0.1) is 0 Å². The summed E-state index contributed by atoms with van der Waals surface area (Å²) in [6.45, 7) is 4.37. The van der Waals surface area contributed by atoms with Crippen LogP contribution in [0, 0.1) is 0 Å². The fraction of sp³-hybridized carbons (Fsp3) is 0.625. The third-order valence-corrected chi connectivity index (χ3v) is 5.01. The SMILES string of the molecule is CCC(N)C(c1ccccc1Cl)N(C)C(CC)CSC. The van der Waals surface area contributed by atoms with E-state index in [1.165, 1.54) is 0 Å². The van der Waals surface area contributed by atoms with Crippen molar-refractivity contribution in [1.82, 2.24) is 4.90 Å². The van der Waals surface area contributed by atoms with Gasteiger partial charge in [0.05, 0.1) is 6.04 Å². The summed E-state index contributed by atoms with van der Waals surface area (Å²) >= 11 is 8.28. The van der Waals surface area contributed by atoms with E-state index in [1.807, 2.05) is 30.0 Å². The van der Waals surface area contributed by atoms with Crippen LogP contribution in [0.2, 0.25) is 5.02 Å². The fourth-order valence-corrected chi connectivity index (χ4v) is 3.74. The second-order valence-electron chi connectivity index (χ2n) is 5.22. The molecular weight excluding hydrogens is 288 g/mol. The number of rotatable bonds is 8. The van der Waals surface area contributed by atoms with Gasteiger partial charge < -0.3 is 5.73 Å². The molecule has 114 valence electrons. The predicted octanol–water partition coefficient (Wildman–Crippen LogP) is 4.19. The van der Waals surface area contributed by atoms with Crippen molar-refractivity contribution in [3.8, 4) is 0 Å². The predicted molar refractivity (Wildman–Crippen MR) is 92.7 cm³/mol. The molecule has 4 heteroatoms. The fourth-order valence-electron chi connectivity index (χ4n) is 2.63. The van der Waals surface area contributed by atoms with Gasteiger partial charge >= 0.3 is 0 Å². The first-order chi connectivity index (χ1) is 9.56. The molecule has 1 aromatic rings. The van der Waals surface area contributed by atoms with Gasteiger partial charge in [0.1, 0.15) is 0 Å². The maximum absolute atomic E-state index is 6.40. The Bertz CT molecular complexity index is 400. The van der Waals surface area contributed by atoms with Gasteiger partial charge in [-0.25, -0.2) is 0 Å². The van der Waals surface area contributed by atoms with Crippen molar-refractivity contribution in [2.75, 3.05) is 19.1 Å². The van der Waals surface area contributed by atoms with Gasteiger partial charge in [-0.1, -0.05) is 43.6 Å². The highest BCUT2D eigenvalue weighted by molar-refractivity contribution is 7.98. The lowest BCUT2D eigenvalue weighted by molar-refractivity contribution is 0.157. The highest BCUT2D eigenvalue weighted by Gasteiger charge is 2.28. The van der Waals surface area contributed by atoms with Gasteiger partial charge in [-0.3, -0.25) is 4.90 Å². The molecule has 1 rings (SSSR count). The largest absolute Gasteiger partial charge is 0.326 e. The number of hydrogen-bond donors (Lipinski definition) is 1. The van der Waals surface area contributed by atoms with E-state index in [1.54, 1.807) is 0 Å². The minimum atomic E-state index is 0.0933. The van der Waals surface area contributed by atoms with Crippen LogP contribution in [0.15, 0.2) is 24.3 Å². The topological polar surface area (TPSA) is 29.3 Å². The highest BCUT2D eigenvalue weighted by atomic mass is 35.5. The molecule has 0 aliphatic heterocycles. The Hall–Kier alpha value is -0.220. The zero-order valence-electron chi connectivity index (χ0n) is 13.0. The number of nitrogens with two attached hydrogens (primary N) is 1. The van der Waals surface area contributed by atoms with E-state index in [-0.39, 0.29) is 12.1 Å². The molecule has 0 aromatic heterocycles. The van der Waals surface area contributed by atoms with E-state index < -0.39 is 0 Å². The van der Waals surface area contributed by atoms with Crippen LogP contribution in [-0.2, 0) is 0 Å². The molecule has 3 atom stereocenters. The van der Waals surface area contributed by atoms with Crippen molar-refractivity contribution in [3.05, 3.63) is 34.9 Å². The molecule has 0 saturated heterocycles. The molecule has 0 heterocycles. The van der Waals surface area contributed by atoms with Crippen LogP contribution in [0.4, 0.5) is 0 Å². The van der Waals surface area contributed by atoms with Crippen molar-refractivity contribution < 1.29 is 0 Å². The van der Waals surface area contributed by atoms with E-state index in [2.05, 4.69) is 38.1 Å². The van der Waals surface area contributed by atoms with Crippen molar-refractivity contribution in [1.29, 1.82) is 0 Å². The van der Waals surface area contributed by atoms with E-state index in [0.717, 1.165) is 29.2 Å². The van der Waals surface area contributed by atoms with Gasteiger partial charge in [0.2, 0.25) is 0 Å². The molecule has 2 nitrogen and oxygen atoms in total. The van der Waals surface area contributed by atoms with Crippen LogP contribution in [0.1, 0.15) is 38.3 Å². The third kappa shape index (κ3) is 4.39. The van der Waals surface area contributed by atoms with Crippen molar-refractivity contribution in [2.24, 2.45) is 5.73 Å². The molecule has 0 saturated carbocycles. The molecule has 0 bridgehead atoms. The Labute approximate surface area is 133 Å². The van der Waals surface area contributed by atoms with Crippen LogP contribution in [-0.4, -0.2) is 36.0 Å². The summed E-state index contributed by atoms with van der Waals surface area (Å²) in [5.74, 6) is 1.12. The van der Waals surface area contributed by atoms with E-state index in [4.69, 9.17) is 17.3 Å². The zero-order chi connectivity index (χ0) is 15.1. The maximum Gasteiger partial charge on any atom is 0.0514 e. The quantitative estimate of drug-likeness (QED) is 0.780. The lowest BCUT2D eigenvalue weighted by atomic mass is 9.95. The number of nitrogens with zero attached hydrogens (tertiary/aromatic N) is 1. The van der Waals surface area contributed by atoms with Gasteiger partial charge in [0.25, 0.3) is 0 Å². The Kier molecular flexibility index (Phi) is 7.96. The number of benzene rings is 1. The van der Waals surface area contributed by atoms with Crippen LogP contribution in [0.5, 0.6) is 0 Å². The average molecular weight is 315 g/mol. The standard InChI is InChI=1S/C16H27ClN2S/c1-5-12(11-20-4)19(3)16(15(18)6-2)13-9-7-8-10-14(13)17/h7-10,12,15-16H,5-6,11,18H2,1-4H3. The Morgan fingerprint density at radius 1 is 1.25 bits per heavy atom. The third-order valence-electron chi connectivity index (χ3n) is 3.95. The Morgan fingerprint density at radius 3 is 2.40 bits per heavy atom. The summed E-state index contributed by atoms with van der Waals surface area (Å²) in [4.78, 5) is 2.41. The summed E-state index contributed by atoms with van der Waals surface area (Å²) in [5.41, 5.74) is 7.54. The van der Waals surface area contributed by atoms with Crippen LogP contribution in [0.3, 0.4) is 0 Å². The van der Waals surface area contributed by atoms with Crippen molar-refractivity contribution in [2.45, 2.75) is 44.8 Å². The van der Waals surface area contributed by atoms with Crippen molar-refractivity contribution >= 4 is 23.4 Å². The molecule has 1 aromatic carbocycles. The van der Waals surface area contributed by atoms with Gasteiger partial charge in [0, 0.05) is 22.9 Å². The Balaban J connectivity index is 3.09. The van der Waals surface area contributed by atoms with Gasteiger partial charge in [-0.05, 0) is 37.8 Å². The number of hydrogen-bond acceptors (Lipinski definition) is 3. The molecule has 0 aliphatic carbocycles. The maximum atomic E-state index is 6.40. The summed E-state index contributed by atoms with van der Waals surface area (Å²) in [6, 6.07) is 8.85. The molecule has 0 fully saturated rings. The lowest BCUT2D eigenvalue weighted by Gasteiger charge is -2.38. The normalized spacial score (nSPS) is 16.1. The summed E-state index contributed by atoms with van der Waals surface area (Å²) < 4.78 is 0. The van der Waals surface area contributed by atoms with Crippen LogP contribution in [0.25, 0.3) is 0 Å². The van der Waals surface area contributed by atoms with Gasteiger partial charge in [-0.2, -0.15) is 11.8 Å². The molecule has 3 unspecified atom stereocenters. The first kappa shape index (κ1) is 17.8. The molecule has 0 spiro atoms. The first-order valence-electron chi connectivity index (χ1n) is 7.27. The monoisotopic (exact) mass is 314 g/mol. The second-order valence-corrected chi connectivity index (χ2v) is 6.54. The lowest BCUT2D eigenvalue weighted by Crippen LogP contribution is -2.44. The van der Waals surface area contributed by atoms with Gasteiger partial charge in [0.15, 0.2) is 0 Å². The summed E-state index contributed by atoms with van der Waals surface area (Å²) in [6.07, 6.45) is 4.21. The average Bonchev–Trinajstić information content (AvgIpc) is 2.46. The molecule has 0 aliphatic rings. The Morgan fingerprint density at radius 2 is 1.90 bits per heavy atom. The molecule has 20 heavy (non-hydrogen) atoms. The highest BCUT2D eigenvalue weighted by Crippen LogP contribution is 2.32. The van der Waals surface area contributed by atoms with Crippen LogP contribution >= 0.6 is 23.4 Å². The molecule has 0 amide bonds. The van der Waals surface area contributed by atoms with E-state index >= 15 is 0 Å². The molecule has 0 radical (unpaired) electrons. The van der Waals surface area contributed by atoms with Crippen LogP contribution < -0.4 is 5.73 Å². The molecule has 2 N–H and O–H groups in total. The zero-order valence-corrected chi connectivity index (χ0v) is 14.5. The first-order valence-corrected chi connectivity index (χ1v) is 9.04. The van der Waals surface area contributed by atoms with Crippen molar-refractivity contribution in [3.63, 3.8) is 0 Å². The molecular formula is C16H27ClN2S. The summed E-state index contributed by atoms with van der Waals surface area (Å²) in [7, 11) is 2.17. The van der Waals surface area contributed by atoms with E-state index in [9.17, 15) is 0 Å². The van der Waals surface area contributed by atoms with E-state index in [0.29, 0.717) is 6.04 Å². The smallest absolute Gasteiger partial charge is 0.0514 e. The summed E-state index contributed by atoms with van der Waals surface area (Å²) in [5, 5.41) is 0.812. The number of thioether (sulfide) groups is 1. The minimum Gasteiger partial charge on any atom is -0.326 e. The number of halogens is 1. The minimum absolute atomic E-state index is 0.0933. The second kappa shape index (κ2) is 8.93. The number of likely N-dealkylation sites (N-methyl/N-ethyl adjacent to an activating group) is 1.